The second kappa shape index (κ2) is 4.07. The summed E-state index contributed by atoms with van der Waals surface area (Å²) in [5.74, 6) is 0.557. The Morgan fingerprint density at radius 1 is 1.50 bits per heavy atom. The third kappa shape index (κ3) is 2.34. The van der Waals surface area contributed by atoms with E-state index in [1.807, 2.05) is 5.38 Å². The highest BCUT2D eigenvalue weighted by molar-refractivity contribution is 7.11. The first-order chi connectivity index (χ1) is 5.61. The molecule has 0 saturated heterocycles. The van der Waals surface area contributed by atoms with Crippen LogP contribution in [0.5, 0.6) is 0 Å². The molecule has 0 unspecified atom stereocenters. The van der Waals surface area contributed by atoms with Crippen molar-refractivity contribution in [1.29, 1.82) is 0 Å². The first-order valence-electron chi connectivity index (χ1n) is 4.03. The van der Waals surface area contributed by atoms with Gasteiger partial charge in [0.15, 0.2) is 0 Å². The minimum absolute atomic E-state index is 0.557. The lowest BCUT2D eigenvalue weighted by Crippen LogP contribution is -2.31. The van der Waals surface area contributed by atoms with E-state index in [0.29, 0.717) is 11.4 Å². The van der Waals surface area contributed by atoms with Crippen molar-refractivity contribution in [1.82, 2.24) is 0 Å². The van der Waals surface area contributed by atoms with Crippen molar-refractivity contribution < 1.29 is 10.0 Å². The van der Waals surface area contributed by atoms with Crippen LogP contribution >= 0.6 is 11.3 Å². The van der Waals surface area contributed by atoms with Gasteiger partial charge in [-0.05, 0) is 23.2 Å². The lowest BCUT2D eigenvalue weighted by atomic mass is 9.79. The first-order valence-corrected chi connectivity index (χ1v) is 4.91. The van der Waals surface area contributed by atoms with E-state index in [-0.39, 0.29) is 0 Å². The van der Waals surface area contributed by atoms with Crippen LogP contribution in [0.1, 0.15) is 18.7 Å². The third-order valence-corrected chi connectivity index (χ3v) is 2.61. The summed E-state index contributed by atoms with van der Waals surface area (Å²) in [6, 6.07) is 1.77. The van der Waals surface area contributed by atoms with E-state index in [0.717, 1.165) is 11.3 Å². The maximum atomic E-state index is 8.97. The summed E-state index contributed by atoms with van der Waals surface area (Å²) in [4.78, 5) is 1.08. The summed E-state index contributed by atoms with van der Waals surface area (Å²) in [6.45, 7) is 4.24. The van der Waals surface area contributed by atoms with E-state index >= 15 is 0 Å². The Hall–Kier alpha value is -0.315. The van der Waals surface area contributed by atoms with E-state index in [1.54, 1.807) is 17.4 Å². The minimum atomic E-state index is -1.31. The largest absolute Gasteiger partial charge is 0.489 e. The molecule has 0 spiro atoms. The molecule has 12 heavy (non-hydrogen) atoms. The molecule has 2 nitrogen and oxygen atoms in total. The summed E-state index contributed by atoms with van der Waals surface area (Å²) in [5, 5.41) is 19.8. The molecule has 1 heterocycles. The monoisotopic (exact) mass is 184 g/mol. The smallest absolute Gasteiger partial charge is 0.423 e. The summed E-state index contributed by atoms with van der Waals surface area (Å²) in [6.07, 6.45) is 0.921. The maximum absolute atomic E-state index is 8.97. The topological polar surface area (TPSA) is 40.5 Å². The molecular formula is C8H13BO2S. The van der Waals surface area contributed by atoms with Crippen LogP contribution < -0.4 is 5.46 Å². The number of hydrogen-bond acceptors (Lipinski definition) is 3. The molecule has 0 atom stereocenters. The Morgan fingerprint density at radius 2 is 2.17 bits per heavy atom. The second-order valence-corrected chi connectivity index (χ2v) is 4.27. The zero-order valence-electron chi connectivity index (χ0n) is 7.32. The Morgan fingerprint density at radius 3 is 2.67 bits per heavy atom. The molecule has 0 aromatic carbocycles. The van der Waals surface area contributed by atoms with Crippen LogP contribution in [0.3, 0.4) is 0 Å². The molecule has 2 N–H and O–H groups in total. The van der Waals surface area contributed by atoms with E-state index in [4.69, 9.17) is 10.0 Å². The number of thiophene rings is 1. The molecule has 0 saturated carbocycles. The van der Waals surface area contributed by atoms with Crippen molar-refractivity contribution in [3.05, 3.63) is 16.3 Å². The fraction of sp³-hybridized carbons (Fsp3) is 0.500. The second-order valence-electron chi connectivity index (χ2n) is 3.27. The van der Waals surface area contributed by atoms with Gasteiger partial charge in [0.2, 0.25) is 0 Å². The molecule has 66 valence electrons. The molecule has 0 aliphatic heterocycles. The van der Waals surface area contributed by atoms with Gasteiger partial charge in [-0.1, -0.05) is 19.9 Å². The lowest BCUT2D eigenvalue weighted by molar-refractivity contribution is 0.425. The van der Waals surface area contributed by atoms with E-state index < -0.39 is 7.12 Å². The molecule has 0 aliphatic rings. The van der Waals surface area contributed by atoms with Crippen molar-refractivity contribution in [2.24, 2.45) is 5.92 Å². The number of hydrogen-bond donors (Lipinski definition) is 2. The van der Waals surface area contributed by atoms with Crippen LogP contribution in [0.25, 0.3) is 0 Å². The fourth-order valence-corrected chi connectivity index (χ4v) is 2.24. The minimum Gasteiger partial charge on any atom is -0.423 e. The maximum Gasteiger partial charge on any atom is 0.489 e. The molecule has 1 aromatic heterocycles. The molecule has 1 aromatic rings. The van der Waals surface area contributed by atoms with Gasteiger partial charge in [-0.2, -0.15) is 0 Å². The normalized spacial score (nSPS) is 10.8. The Kier molecular flexibility index (Phi) is 3.32. The molecule has 0 amide bonds. The summed E-state index contributed by atoms with van der Waals surface area (Å²) in [5.41, 5.74) is 0.661. The molecule has 1 rings (SSSR count). The van der Waals surface area contributed by atoms with E-state index in [9.17, 15) is 0 Å². The Labute approximate surface area is 77.0 Å². The van der Waals surface area contributed by atoms with Crippen LogP contribution in [0.2, 0.25) is 0 Å². The molecule has 0 bridgehead atoms. The van der Waals surface area contributed by atoms with Gasteiger partial charge < -0.3 is 10.0 Å². The van der Waals surface area contributed by atoms with Crippen LogP contribution in [0.15, 0.2) is 11.4 Å². The highest BCUT2D eigenvalue weighted by Gasteiger charge is 2.17. The molecule has 0 radical (unpaired) electrons. The predicted octanol–water partition coefficient (Wildman–Crippen LogP) is 0.626. The Balaban J connectivity index is 2.77. The zero-order valence-corrected chi connectivity index (χ0v) is 8.14. The van der Waals surface area contributed by atoms with Gasteiger partial charge in [0.1, 0.15) is 0 Å². The predicted molar refractivity (Wildman–Crippen MR) is 52.7 cm³/mol. The summed E-state index contributed by atoms with van der Waals surface area (Å²) in [7, 11) is -1.31. The van der Waals surface area contributed by atoms with Gasteiger partial charge in [0.05, 0.1) is 0 Å². The standard InChI is InChI=1S/C8H13BO2S/c1-6(2)5-8-7(9(10)11)3-4-12-8/h3-4,6,10-11H,5H2,1-2H3. The van der Waals surface area contributed by atoms with Crippen LogP contribution in [0, 0.1) is 5.92 Å². The van der Waals surface area contributed by atoms with Crippen LogP contribution in [-0.2, 0) is 6.42 Å². The van der Waals surface area contributed by atoms with Crippen molar-refractivity contribution in [2.45, 2.75) is 20.3 Å². The van der Waals surface area contributed by atoms with Gasteiger partial charge in [-0.3, -0.25) is 0 Å². The molecule has 0 aliphatic carbocycles. The SMILES string of the molecule is CC(C)Cc1sccc1B(O)O. The average Bonchev–Trinajstić information content (AvgIpc) is 2.33. The fourth-order valence-electron chi connectivity index (χ4n) is 1.12. The highest BCUT2D eigenvalue weighted by atomic mass is 32.1. The zero-order chi connectivity index (χ0) is 9.14. The van der Waals surface area contributed by atoms with Crippen LogP contribution in [0.4, 0.5) is 0 Å². The first kappa shape index (κ1) is 9.77. The quantitative estimate of drug-likeness (QED) is 0.676. The average molecular weight is 184 g/mol. The van der Waals surface area contributed by atoms with Crippen LogP contribution in [-0.4, -0.2) is 17.2 Å². The summed E-state index contributed by atoms with van der Waals surface area (Å²) >= 11 is 1.59. The van der Waals surface area contributed by atoms with Crippen molar-refractivity contribution in [3.63, 3.8) is 0 Å². The van der Waals surface area contributed by atoms with Gasteiger partial charge >= 0.3 is 7.12 Å². The third-order valence-electron chi connectivity index (χ3n) is 1.65. The van der Waals surface area contributed by atoms with Crippen molar-refractivity contribution >= 4 is 23.9 Å². The molecule has 0 fully saturated rings. The van der Waals surface area contributed by atoms with Gasteiger partial charge in [-0.15, -0.1) is 11.3 Å². The highest BCUT2D eigenvalue weighted by Crippen LogP contribution is 2.12. The number of rotatable bonds is 3. The lowest BCUT2D eigenvalue weighted by Gasteiger charge is -2.04. The van der Waals surface area contributed by atoms with E-state index in [2.05, 4.69) is 13.8 Å². The Bertz CT molecular complexity index is 245. The summed E-state index contributed by atoms with van der Waals surface area (Å²) < 4.78 is 0. The van der Waals surface area contributed by atoms with E-state index in [1.165, 1.54) is 0 Å². The van der Waals surface area contributed by atoms with Gasteiger partial charge in [-0.25, -0.2) is 0 Å². The van der Waals surface area contributed by atoms with Gasteiger partial charge in [0.25, 0.3) is 0 Å². The van der Waals surface area contributed by atoms with Crippen molar-refractivity contribution in [2.75, 3.05) is 0 Å². The van der Waals surface area contributed by atoms with Crippen molar-refractivity contribution in [3.8, 4) is 0 Å². The molecular weight excluding hydrogens is 171 g/mol. The van der Waals surface area contributed by atoms with Gasteiger partial charge in [0, 0.05) is 4.88 Å². The molecule has 4 heteroatoms.